The maximum absolute atomic E-state index is 4.99. The molecule has 0 radical (unpaired) electrons. The summed E-state index contributed by atoms with van der Waals surface area (Å²) >= 11 is 0. The number of aromatic nitrogens is 3. The second-order valence-electron chi connectivity index (χ2n) is 10.1. The maximum Gasteiger partial charge on any atom is 0.164 e. The lowest BCUT2D eigenvalue weighted by Crippen LogP contribution is -2.14. The van der Waals surface area contributed by atoms with Gasteiger partial charge in [-0.3, -0.25) is 0 Å². The molecule has 0 N–H and O–H groups in total. The molecule has 1 aromatic heterocycles. The molecule has 0 bridgehead atoms. The van der Waals surface area contributed by atoms with E-state index in [1.54, 1.807) is 0 Å². The quantitative estimate of drug-likeness (QED) is 0.258. The summed E-state index contributed by atoms with van der Waals surface area (Å²) in [4.78, 5) is 14.9. The molecule has 0 amide bonds. The Kier molecular flexibility index (Phi) is 4.80. The average Bonchev–Trinajstić information content (AvgIpc) is 3.18. The fourth-order valence-electron chi connectivity index (χ4n) is 5.60. The van der Waals surface area contributed by atoms with Gasteiger partial charge in [0, 0.05) is 22.1 Å². The van der Waals surface area contributed by atoms with Crippen LogP contribution in [0.5, 0.6) is 0 Å². The van der Waals surface area contributed by atoms with Crippen molar-refractivity contribution < 1.29 is 0 Å². The summed E-state index contributed by atoms with van der Waals surface area (Å²) in [6.45, 7) is 4.63. The lowest BCUT2D eigenvalue weighted by atomic mass is 9.82. The first-order valence-corrected chi connectivity index (χ1v) is 12.6. The highest BCUT2D eigenvalue weighted by atomic mass is 15.0. The Bertz CT molecular complexity index is 1730. The fourth-order valence-corrected chi connectivity index (χ4v) is 5.60. The molecule has 0 spiro atoms. The summed E-state index contributed by atoms with van der Waals surface area (Å²) in [5.74, 6) is 2.03. The van der Waals surface area contributed by atoms with Gasteiger partial charge in [-0.2, -0.15) is 0 Å². The lowest BCUT2D eigenvalue weighted by Gasteiger charge is -2.21. The SMILES string of the molecule is CC1(C)c2ccccc2-c2cc3c(-c4nc(-c5ccccc5)nc(-c5ccccc5)n4)cccc3cc21. The smallest absolute Gasteiger partial charge is 0.164 e. The molecule has 176 valence electrons. The van der Waals surface area contributed by atoms with Crippen molar-refractivity contribution in [2.24, 2.45) is 0 Å². The van der Waals surface area contributed by atoms with E-state index in [-0.39, 0.29) is 5.41 Å². The van der Waals surface area contributed by atoms with Crippen molar-refractivity contribution in [2.45, 2.75) is 19.3 Å². The minimum absolute atomic E-state index is 0.0375. The molecular formula is C34H25N3. The third kappa shape index (κ3) is 3.47. The van der Waals surface area contributed by atoms with Crippen LogP contribution in [0.3, 0.4) is 0 Å². The van der Waals surface area contributed by atoms with Crippen molar-refractivity contribution in [3.8, 4) is 45.3 Å². The van der Waals surface area contributed by atoms with Crippen LogP contribution in [0.4, 0.5) is 0 Å². The van der Waals surface area contributed by atoms with Crippen LogP contribution in [0, 0.1) is 0 Å². The fraction of sp³-hybridized carbons (Fsp3) is 0.0882. The molecule has 0 saturated carbocycles. The predicted molar refractivity (Wildman–Crippen MR) is 151 cm³/mol. The van der Waals surface area contributed by atoms with Crippen molar-refractivity contribution in [1.29, 1.82) is 0 Å². The van der Waals surface area contributed by atoms with E-state index < -0.39 is 0 Å². The van der Waals surface area contributed by atoms with Gasteiger partial charge in [0.1, 0.15) is 0 Å². The summed E-state index contributed by atoms with van der Waals surface area (Å²) in [5, 5.41) is 2.35. The Labute approximate surface area is 216 Å². The molecule has 0 fully saturated rings. The van der Waals surface area contributed by atoms with E-state index in [9.17, 15) is 0 Å². The van der Waals surface area contributed by atoms with Crippen molar-refractivity contribution in [3.63, 3.8) is 0 Å². The highest BCUT2D eigenvalue weighted by molar-refractivity contribution is 6.01. The maximum atomic E-state index is 4.99. The summed E-state index contributed by atoms with van der Waals surface area (Å²) in [5.41, 5.74) is 8.26. The summed E-state index contributed by atoms with van der Waals surface area (Å²) in [6.07, 6.45) is 0. The highest BCUT2D eigenvalue weighted by Crippen LogP contribution is 2.50. The van der Waals surface area contributed by atoms with E-state index in [1.807, 2.05) is 60.7 Å². The molecule has 0 saturated heterocycles. The standard InChI is InChI=1S/C34H25N3/c1-34(2)29-19-10-9-17-25(29)28-21-27-24(20-30(28)34)16-11-18-26(27)33-36-31(22-12-5-3-6-13-22)35-32(37-33)23-14-7-4-8-15-23/h3-21H,1-2H3. The van der Waals surface area contributed by atoms with E-state index in [1.165, 1.54) is 27.6 Å². The van der Waals surface area contributed by atoms with Gasteiger partial charge in [0.15, 0.2) is 17.5 Å². The summed E-state index contributed by atoms with van der Waals surface area (Å²) in [7, 11) is 0. The van der Waals surface area contributed by atoms with Gasteiger partial charge in [-0.05, 0) is 45.2 Å². The Morgan fingerprint density at radius 2 is 1.03 bits per heavy atom. The van der Waals surface area contributed by atoms with Crippen LogP contribution >= 0.6 is 0 Å². The summed E-state index contributed by atoms with van der Waals surface area (Å²) in [6, 6.07) is 40.1. The first-order chi connectivity index (χ1) is 18.1. The van der Waals surface area contributed by atoms with Crippen LogP contribution in [0.15, 0.2) is 115 Å². The Morgan fingerprint density at radius 3 is 1.70 bits per heavy atom. The van der Waals surface area contributed by atoms with Gasteiger partial charge in [0.25, 0.3) is 0 Å². The van der Waals surface area contributed by atoms with Gasteiger partial charge in [-0.25, -0.2) is 15.0 Å². The highest BCUT2D eigenvalue weighted by Gasteiger charge is 2.35. The van der Waals surface area contributed by atoms with E-state index in [4.69, 9.17) is 15.0 Å². The predicted octanol–water partition coefficient (Wildman–Crippen LogP) is 8.33. The first-order valence-electron chi connectivity index (χ1n) is 12.6. The number of hydrogen-bond donors (Lipinski definition) is 0. The number of benzene rings is 5. The van der Waals surface area contributed by atoms with Crippen molar-refractivity contribution >= 4 is 10.8 Å². The molecule has 0 aliphatic heterocycles. The molecule has 5 aromatic carbocycles. The van der Waals surface area contributed by atoms with Gasteiger partial charge in [-0.1, -0.05) is 117 Å². The topological polar surface area (TPSA) is 38.7 Å². The molecular weight excluding hydrogens is 450 g/mol. The van der Waals surface area contributed by atoms with Crippen LogP contribution < -0.4 is 0 Å². The minimum Gasteiger partial charge on any atom is -0.208 e. The average molecular weight is 476 g/mol. The molecule has 6 aromatic rings. The Morgan fingerprint density at radius 1 is 0.459 bits per heavy atom. The van der Waals surface area contributed by atoms with Crippen LogP contribution in [-0.4, -0.2) is 15.0 Å². The minimum atomic E-state index is -0.0375. The largest absolute Gasteiger partial charge is 0.208 e. The van der Waals surface area contributed by atoms with E-state index >= 15 is 0 Å². The van der Waals surface area contributed by atoms with Gasteiger partial charge in [0.2, 0.25) is 0 Å². The second-order valence-corrected chi connectivity index (χ2v) is 10.1. The Hall–Kier alpha value is -4.63. The second kappa shape index (κ2) is 8.21. The molecule has 0 atom stereocenters. The van der Waals surface area contributed by atoms with E-state index in [0.717, 1.165) is 22.1 Å². The van der Waals surface area contributed by atoms with Gasteiger partial charge < -0.3 is 0 Å². The molecule has 3 heteroatoms. The van der Waals surface area contributed by atoms with E-state index in [0.29, 0.717) is 17.5 Å². The zero-order valence-electron chi connectivity index (χ0n) is 20.8. The van der Waals surface area contributed by atoms with Gasteiger partial charge in [0.05, 0.1) is 0 Å². The molecule has 1 aliphatic carbocycles. The Balaban J connectivity index is 1.49. The third-order valence-electron chi connectivity index (χ3n) is 7.52. The van der Waals surface area contributed by atoms with Crippen molar-refractivity contribution in [2.75, 3.05) is 0 Å². The van der Waals surface area contributed by atoms with Crippen LogP contribution in [0.1, 0.15) is 25.0 Å². The van der Waals surface area contributed by atoms with Crippen LogP contribution in [0.2, 0.25) is 0 Å². The molecule has 7 rings (SSSR count). The third-order valence-corrected chi connectivity index (χ3v) is 7.52. The monoisotopic (exact) mass is 475 g/mol. The van der Waals surface area contributed by atoms with Crippen LogP contribution in [-0.2, 0) is 5.41 Å². The van der Waals surface area contributed by atoms with Crippen LogP contribution in [0.25, 0.3) is 56.1 Å². The zero-order chi connectivity index (χ0) is 25.0. The van der Waals surface area contributed by atoms with Crippen molar-refractivity contribution in [1.82, 2.24) is 15.0 Å². The normalized spacial score (nSPS) is 13.4. The molecule has 3 nitrogen and oxygen atoms in total. The lowest BCUT2D eigenvalue weighted by molar-refractivity contribution is 0.661. The van der Waals surface area contributed by atoms with Gasteiger partial charge >= 0.3 is 0 Å². The number of rotatable bonds is 3. The number of nitrogens with zero attached hydrogens (tertiary/aromatic N) is 3. The number of fused-ring (bicyclic) bond motifs is 4. The molecule has 1 heterocycles. The molecule has 0 unspecified atom stereocenters. The number of hydrogen-bond acceptors (Lipinski definition) is 3. The molecule has 1 aliphatic rings. The first kappa shape index (κ1) is 21.6. The molecule has 37 heavy (non-hydrogen) atoms. The van der Waals surface area contributed by atoms with Crippen molar-refractivity contribution in [3.05, 3.63) is 126 Å². The zero-order valence-corrected chi connectivity index (χ0v) is 20.8. The van der Waals surface area contributed by atoms with Gasteiger partial charge in [-0.15, -0.1) is 0 Å². The summed E-state index contributed by atoms with van der Waals surface area (Å²) < 4.78 is 0. The van der Waals surface area contributed by atoms with E-state index in [2.05, 4.69) is 68.4 Å².